The van der Waals surface area contributed by atoms with Crippen LogP contribution in [0.5, 0.6) is 5.75 Å². The standard InChI is InChI=1S/C32H36N4O5S/c1-18-26-29(37)36(32(2,3)4)31(38)35(30(26)42-27(18)28-34-10-11-40-28)17-25(23-8-6-7-9-24(23)39-5)41-22-14-20-12-19(16-33)13-21(20)15-22/h6-11,19-22,25H,12-15,17H2,1-5H3. The van der Waals surface area contributed by atoms with Gasteiger partial charge < -0.3 is 13.9 Å². The van der Waals surface area contributed by atoms with E-state index >= 15 is 0 Å². The van der Waals surface area contributed by atoms with Crippen LogP contribution in [0.15, 0.2) is 50.7 Å². The van der Waals surface area contributed by atoms with Crippen molar-refractivity contribution >= 4 is 21.6 Å². The van der Waals surface area contributed by atoms with Crippen LogP contribution in [-0.2, 0) is 16.8 Å². The Morgan fingerprint density at radius 1 is 1.17 bits per heavy atom. The monoisotopic (exact) mass is 588 g/mol. The van der Waals surface area contributed by atoms with Crippen molar-refractivity contribution in [1.29, 1.82) is 5.26 Å². The summed E-state index contributed by atoms with van der Waals surface area (Å²) in [6, 6.07) is 10.2. The number of hydrogen-bond acceptors (Lipinski definition) is 8. The van der Waals surface area contributed by atoms with E-state index in [9.17, 15) is 14.9 Å². The quantitative estimate of drug-likeness (QED) is 0.259. The van der Waals surface area contributed by atoms with Crippen molar-refractivity contribution in [3.8, 4) is 22.6 Å². The first-order valence-corrected chi connectivity index (χ1v) is 15.3. The van der Waals surface area contributed by atoms with E-state index in [1.165, 1.54) is 22.2 Å². The van der Waals surface area contributed by atoms with Crippen molar-refractivity contribution < 1.29 is 13.9 Å². The van der Waals surface area contributed by atoms with E-state index in [0.717, 1.165) is 41.7 Å². The molecule has 3 heterocycles. The lowest BCUT2D eigenvalue weighted by Crippen LogP contribution is -2.48. The Hall–Kier alpha value is -3.68. The molecule has 9 nitrogen and oxygen atoms in total. The van der Waals surface area contributed by atoms with Gasteiger partial charge in [-0.25, -0.2) is 9.78 Å². The number of oxazole rings is 1. The maximum absolute atomic E-state index is 14.2. The third kappa shape index (κ3) is 4.88. The first-order chi connectivity index (χ1) is 20.1. The van der Waals surface area contributed by atoms with Gasteiger partial charge in [-0.2, -0.15) is 5.26 Å². The summed E-state index contributed by atoms with van der Waals surface area (Å²) in [6.45, 7) is 7.67. The number of ether oxygens (including phenoxy) is 2. The molecule has 0 spiro atoms. The SMILES string of the molecule is COc1ccccc1C(Cn1c(=O)n(C(C)(C)C)c(=O)c2c(C)c(-c3ncco3)sc21)OC1CC2CC(C#N)CC2C1. The zero-order valence-electron chi connectivity index (χ0n) is 24.6. The van der Waals surface area contributed by atoms with Gasteiger partial charge in [0.1, 0.15) is 22.9 Å². The number of methoxy groups -OCH3 is 1. The van der Waals surface area contributed by atoms with E-state index < -0.39 is 11.6 Å². The van der Waals surface area contributed by atoms with E-state index in [1.54, 1.807) is 17.9 Å². The van der Waals surface area contributed by atoms with Crippen LogP contribution in [0.3, 0.4) is 0 Å². The second-order valence-electron chi connectivity index (χ2n) is 12.6. The maximum atomic E-state index is 14.2. The fourth-order valence-corrected chi connectivity index (χ4v) is 8.20. The molecule has 2 fully saturated rings. The van der Waals surface area contributed by atoms with Gasteiger partial charge in [-0.05, 0) is 76.8 Å². The number of nitrogens with zero attached hydrogens (tertiary/aromatic N) is 4. The van der Waals surface area contributed by atoms with Crippen molar-refractivity contribution in [1.82, 2.24) is 14.1 Å². The van der Waals surface area contributed by atoms with Crippen molar-refractivity contribution in [3.05, 3.63) is 68.7 Å². The molecule has 0 amide bonds. The summed E-state index contributed by atoms with van der Waals surface area (Å²) in [5.41, 5.74) is 0.128. The van der Waals surface area contributed by atoms with Crippen molar-refractivity contribution in [2.45, 2.75) is 77.7 Å². The largest absolute Gasteiger partial charge is 0.496 e. The normalized spacial score (nSPS) is 22.8. The van der Waals surface area contributed by atoms with E-state index in [2.05, 4.69) is 11.1 Å². The van der Waals surface area contributed by atoms with Gasteiger partial charge in [-0.15, -0.1) is 11.3 Å². The summed E-state index contributed by atoms with van der Waals surface area (Å²) in [7, 11) is 1.63. The number of rotatable bonds is 7. The van der Waals surface area contributed by atoms with Crippen molar-refractivity contribution in [2.75, 3.05) is 7.11 Å². The van der Waals surface area contributed by atoms with E-state index in [4.69, 9.17) is 13.9 Å². The van der Waals surface area contributed by atoms with E-state index in [0.29, 0.717) is 33.7 Å². The summed E-state index contributed by atoms with van der Waals surface area (Å²) in [5.74, 6) is 2.20. The van der Waals surface area contributed by atoms with Crippen LogP contribution in [0.2, 0.25) is 0 Å². The number of thiophene rings is 1. The molecule has 3 unspecified atom stereocenters. The smallest absolute Gasteiger partial charge is 0.332 e. The molecule has 0 bridgehead atoms. The van der Waals surface area contributed by atoms with Crippen LogP contribution in [-0.4, -0.2) is 27.3 Å². The van der Waals surface area contributed by atoms with Crippen molar-refractivity contribution in [2.24, 2.45) is 17.8 Å². The Bertz CT molecular complexity index is 1760. The fraction of sp³-hybridized carbons (Fsp3) is 0.500. The zero-order valence-corrected chi connectivity index (χ0v) is 25.4. The molecule has 2 aliphatic carbocycles. The number of para-hydroxylation sites is 1. The molecule has 4 aromatic rings. The molecule has 220 valence electrons. The Labute approximate surface area is 248 Å². The molecule has 6 rings (SSSR count). The molecular weight excluding hydrogens is 552 g/mol. The Morgan fingerprint density at radius 3 is 2.50 bits per heavy atom. The van der Waals surface area contributed by atoms with Gasteiger partial charge in [0.05, 0.1) is 42.3 Å². The molecular formula is C32H36N4O5S. The number of aromatic nitrogens is 3. The fourth-order valence-electron chi connectivity index (χ4n) is 6.96. The summed E-state index contributed by atoms with van der Waals surface area (Å²) in [4.78, 5) is 33.7. The summed E-state index contributed by atoms with van der Waals surface area (Å²) >= 11 is 1.34. The maximum Gasteiger partial charge on any atom is 0.332 e. The highest BCUT2D eigenvalue weighted by Crippen LogP contribution is 2.49. The van der Waals surface area contributed by atoms with Crippen molar-refractivity contribution in [3.63, 3.8) is 0 Å². The Morgan fingerprint density at radius 2 is 1.88 bits per heavy atom. The second-order valence-corrected chi connectivity index (χ2v) is 13.6. The molecule has 2 aliphatic rings. The van der Waals surface area contributed by atoms with E-state index in [-0.39, 0.29) is 29.8 Å². The van der Waals surface area contributed by atoms with Gasteiger partial charge in [-0.1, -0.05) is 18.2 Å². The molecule has 1 aromatic carbocycles. The van der Waals surface area contributed by atoms with Crippen LogP contribution < -0.4 is 16.0 Å². The molecule has 0 N–H and O–H groups in total. The molecule has 2 saturated carbocycles. The second kappa shape index (κ2) is 10.9. The summed E-state index contributed by atoms with van der Waals surface area (Å²) in [5, 5.41) is 9.92. The lowest BCUT2D eigenvalue weighted by Gasteiger charge is -2.27. The lowest BCUT2D eigenvalue weighted by atomic mass is 10.0. The zero-order chi connectivity index (χ0) is 29.8. The predicted molar refractivity (Wildman–Crippen MR) is 161 cm³/mol. The van der Waals surface area contributed by atoms with Crippen LogP contribution in [0.1, 0.15) is 63.7 Å². The number of fused-ring (bicyclic) bond motifs is 2. The average molecular weight is 589 g/mol. The van der Waals surface area contributed by atoms with Gasteiger partial charge in [0.2, 0.25) is 5.89 Å². The predicted octanol–water partition coefficient (Wildman–Crippen LogP) is 6.04. The topological polar surface area (TPSA) is 112 Å². The van der Waals surface area contributed by atoms with Gasteiger partial charge in [0, 0.05) is 17.0 Å². The first-order valence-electron chi connectivity index (χ1n) is 14.5. The highest BCUT2D eigenvalue weighted by atomic mass is 32.1. The summed E-state index contributed by atoms with van der Waals surface area (Å²) in [6.07, 6.45) is 6.21. The number of aryl methyl sites for hydroxylation is 1. The van der Waals surface area contributed by atoms with Gasteiger partial charge in [-0.3, -0.25) is 13.9 Å². The Balaban J connectivity index is 1.48. The number of nitriles is 1. The summed E-state index contributed by atoms with van der Waals surface area (Å²) < 4.78 is 21.3. The number of benzene rings is 1. The van der Waals surface area contributed by atoms with Crippen LogP contribution in [0.4, 0.5) is 0 Å². The molecule has 3 aromatic heterocycles. The van der Waals surface area contributed by atoms with Gasteiger partial charge in [0.25, 0.3) is 5.56 Å². The van der Waals surface area contributed by atoms with Gasteiger partial charge >= 0.3 is 5.69 Å². The van der Waals surface area contributed by atoms with Gasteiger partial charge in [0.15, 0.2) is 0 Å². The number of hydrogen-bond donors (Lipinski definition) is 0. The van der Waals surface area contributed by atoms with Crippen LogP contribution >= 0.6 is 11.3 Å². The Kier molecular flexibility index (Phi) is 7.36. The molecule has 0 saturated heterocycles. The molecule has 42 heavy (non-hydrogen) atoms. The highest BCUT2D eigenvalue weighted by Gasteiger charge is 2.43. The molecule has 0 aliphatic heterocycles. The molecule has 10 heteroatoms. The minimum absolute atomic E-state index is 0.00206. The third-order valence-corrected chi connectivity index (χ3v) is 10.2. The minimum Gasteiger partial charge on any atom is -0.496 e. The van der Waals surface area contributed by atoms with Crippen LogP contribution in [0.25, 0.3) is 21.0 Å². The average Bonchev–Trinajstić information content (AvgIpc) is 3.73. The molecule has 3 atom stereocenters. The minimum atomic E-state index is -0.747. The van der Waals surface area contributed by atoms with E-state index in [1.807, 2.05) is 52.0 Å². The lowest BCUT2D eigenvalue weighted by molar-refractivity contribution is -0.0240. The molecule has 0 radical (unpaired) electrons. The first kappa shape index (κ1) is 28.4. The van der Waals surface area contributed by atoms with Crippen LogP contribution in [0, 0.1) is 36.0 Å². The third-order valence-electron chi connectivity index (χ3n) is 8.86. The highest BCUT2D eigenvalue weighted by molar-refractivity contribution is 7.22.